The molecule has 3 N–H and O–H groups in total. The molecule has 2 heterocycles. The van der Waals surface area contributed by atoms with Gasteiger partial charge in [0.2, 0.25) is 12.3 Å². The summed E-state index contributed by atoms with van der Waals surface area (Å²) in [5.41, 5.74) is 4.68. The van der Waals surface area contributed by atoms with E-state index >= 15 is 0 Å². The second-order valence-corrected chi connectivity index (χ2v) is 8.17. The van der Waals surface area contributed by atoms with Crippen molar-refractivity contribution in [2.45, 2.75) is 63.7 Å². The number of carbonyl (C=O) groups is 2. The van der Waals surface area contributed by atoms with E-state index in [1.807, 2.05) is 65.3 Å². The molecule has 0 radical (unpaired) electrons. The second-order valence-electron chi connectivity index (χ2n) is 8.17. The summed E-state index contributed by atoms with van der Waals surface area (Å²) < 4.78 is 0. The van der Waals surface area contributed by atoms with Crippen LogP contribution in [0.15, 0.2) is 54.7 Å². The Labute approximate surface area is 221 Å². The molecule has 3 rings (SSSR count). The summed E-state index contributed by atoms with van der Waals surface area (Å²) in [5.74, 6) is 5.55. The Morgan fingerprint density at radius 3 is 2.53 bits per heavy atom. The van der Waals surface area contributed by atoms with Gasteiger partial charge in [0.05, 0.1) is 6.04 Å². The van der Waals surface area contributed by atoms with E-state index in [-0.39, 0.29) is 61.4 Å². The molecule has 1 aliphatic rings. The average molecular weight is 533 g/mol. The Morgan fingerprint density at radius 2 is 1.91 bits per heavy atom. The highest BCUT2D eigenvalue weighted by Crippen LogP contribution is 2.31. The lowest BCUT2D eigenvalue weighted by Gasteiger charge is -2.38. The van der Waals surface area contributed by atoms with Gasteiger partial charge in [-0.25, -0.2) is 0 Å². The zero-order valence-corrected chi connectivity index (χ0v) is 21.9. The number of carbonyl (C=O) groups excluding carboxylic acids is 2. The maximum atomic E-state index is 13.0. The molecule has 1 fully saturated rings. The third kappa shape index (κ3) is 8.71. The molecule has 2 aromatic rings. The van der Waals surface area contributed by atoms with Gasteiger partial charge in [0.1, 0.15) is 6.17 Å². The van der Waals surface area contributed by atoms with Crippen LogP contribution in [0.3, 0.4) is 0 Å². The van der Waals surface area contributed by atoms with Gasteiger partial charge in [0, 0.05) is 37.3 Å². The lowest BCUT2D eigenvalue weighted by molar-refractivity contribution is -0.140. The molecule has 1 aromatic carbocycles. The number of rotatable bonds is 11. The Hall–Kier alpha value is -1.90. The van der Waals surface area contributed by atoms with Gasteiger partial charge in [-0.3, -0.25) is 25.8 Å². The van der Waals surface area contributed by atoms with Gasteiger partial charge in [-0.1, -0.05) is 36.4 Å². The van der Waals surface area contributed by atoms with Crippen LogP contribution in [0.25, 0.3) is 0 Å². The largest absolute Gasteiger partial charge is 0.322 e. The number of nitrogens with one attached hydrogen (secondary N) is 1. The first kappa shape index (κ1) is 32.1. The molecule has 34 heavy (non-hydrogen) atoms. The standard InChI is InChI=1S/C24H33N5O2.3ClH/c1-19(27-25)9-7-14-24(31)28-16-8-13-23(28)29(18-30)22(20-10-3-2-4-11-20)17-21-12-5-6-15-26-21;;;/h2-6,10-12,15,18-19,22-23,27H,7-9,13-14,16-17,25H2,1H3;3*1H/t19?,22-,23+;;;/m0.../s1. The van der Waals surface area contributed by atoms with E-state index in [4.69, 9.17) is 5.84 Å². The summed E-state index contributed by atoms with van der Waals surface area (Å²) in [6.45, 7) is 2.68. The molecular formula is C24H36Cl3N5O2. The molecule has 0 saturated carbocycles. The molecule has 1 aliphatic heterocycles. The number of benzene rings is 1. The van der Waals surface area contributed by atoms with Crippen LogP contribution < -0.4 is 11.3 Å². The Morgan fingerprint density at radius 1 is 1.21 bits per heavy atom. The van der Waals surface area contributed by atoms with E-state index < -0.39 is 0 Å². The van der Waals surface area contributed by atoms with Gasteiger partial charge in [0.15, 0.2) is 0 Å². The highest BCUT2D eigenvalue weighted by Gasteiger charge is 2.36. The first-order valence-corrected chi connectivity index (χ1v) is 11.1. The summed E-state index contributed by atoms with van der Waals surface area (Å²) in [4.78, 5) is 33.5. The van der Waals surface area contributed by atoms with Crippen LogP contribution in [0.4, 0.5) is 0 Å². The van der Waals surface area contributed by atoms with Crippen molar-refractivity contribution in [1.29, 1.82) is 0 Å². The van der Waals surface area contributed by atoms with Crippen LogP contribution in [0.5, 0.6) is 0 Å². The van der Waals surface area contributed by atoms with Gasteiger partial charge in [0.25, 0.3) is 0 Å². The van der Waals surface area contributed by atoms with E-state index in [1.54, 1.807) is 6.20 Å². The van der Waals surface area contributed by atoms with E-state index in [1.165, 1.54) is 0 Å². The molecule has 10 heteroatoms. The summed E-state index contributed by atoms with van der Waals surface area (Å²) in [6, 6.07) is 15.8. The Balaban J connectivity index is 0.00000363. The number of hydrogen-bond acceptors (Lipinski definition) is 5. The first-order chi connectivity index (χ1) is 15.1. The number of hydrazine groups is 1. The van der Waals surface area contributed by atoms with Crippen molar-refractivity contribution in [2.24, 2.45) is 5.84 Å². The van der Waals surface area contributed by atoms with Gasteiger partial charge in [-0.2, -0.15) is 0 Å². The van der Waals surface area contributed by atoms with Crippen molar-refractivity contribution in [3.63, 3.8) is 0 Å². The van der Waals surface area contributed by atoms with Crippen LogP contribution >= 0.6 is 37.2 Å². The van der Waals surface area contributed by atoms with Crippen molar-refractivity contribution >= 4 is 49.5 Å². The van der Waals surface area contributed by atoms with E-state index in [0.717, 1.165) is 43.4 Å². The van der Waals surface area contributed by atoms with Crippen LogP contribution in [-0.4, -0.2) is 45.9 Å². The third-order valence-electron chi connectivity index (χ3n) is 5.99. The Kier molecular flexibility index (Phi) is 15.7. The van der Waals surface area contributed by atoms with E-state index in [0.29, 0.717) is 19.4 Å². The number of halogens is 3. The monoisotopic (exact) mass is 531 g/mol. The maximum absolute atomic E-state index is 13.0. The van der Waals surface area contributed by atoms with E-state index in [2.05, 4.69) is 10.4 Å². The zero-order chi connectivity index (χ0) is 22.1. The minimum Gasteiger partial charge on any atom is -0.322 e. The number of likely N-dealkylation sites (tertiary alicyclic amines) is 1. The van der Waals surface area contributed by atoms with Gasteiger partial charge >= 0.3 is 0 Å². The number of hydrogen-bond donors (Lipinski definition) is 2. The fourth-order valence-corrected chi connectivity index (χ4v) is 4.28. The number of amides is 2. The predicted octanol–water partition coefficient (Wildman–Crippen LogP) is 4.06. The Bertz CT molecular complexity index is 832. The molecule has 7 nitrogen and oxygen atoms in total. The predicted molar refractivity (Wildman–Crippen MR) is 142 cm³/mol. The van der Waals surface area contributed by atoms with Crippen molar-refractivity contribution in [3.05, 3.63) is 66.0 Å². The number of aromatic nitrogens is 1. The molecule has 0 spiro atoms. The molecule has 190 valence electrons. The topological polar surface area (TPSA) is 91.6 Å². The van der Waals surface area contributed by atoms with Crippen molar-refractivity contribution in [2.75, 3.05) is 6.54 Å². The number of nitrogens with two attached hydrogens (primary N) is 1. The molecule has 1 unspecified atom stereocenters. The third-order valence-corrected chi connectivity index (χ3v) is 5.99. The highest BCUT2D eigenvalue weighted by molar-refractivity contribution is 5.86. The highest BCUT2D eigenvalue weighted by atomic mass is 35.5. The van der Waals surface area contributed by atoms with Crippen LogP contribution in [0.1, 0.15) is 56.3 Å². The van der Waals surface area contributed by atoms with Crippen molar-refractivity contribution in [1.82, 2.24) is 20.2 Å². The maximum Gasteiger partial charge on any atom is 0.224 e. The van der Waals surface area contributed by atoms with E-state index in [9.17, 15) is 9.59 Å². The normalized spacial score (nSPS) is 16.3. The molecule has 0 bridgehead atoms. The smallest absolute Gasteiger partial charge is 0.224 e. The minimum atomic E-state index is -0.232. The average Bonchev–Trinajstić information content (AvgIpc) is 3.29. The summed E-state index contributed by atoms with van der Waals surface area (Å²) in [5, 5.41) is 0. The molecule has 2 amide bonds. The molecule has 3 atom stereocenters. The summed E-state index contributed by atoms with van der Waals surface area (Å²) in [7, 11) is 0. The molecule has 1 saturated heterocycles. The lowest BCUT2D eigenvalue weighted by Crippen LogP contribution is -2.48. The number of pyridine rings is 1. The second kappa shape index (κ2) is 16.7. The van der Waals surface area contributed by atoms with Crippen LogP contribution in [0.2, 0.25) is 0 Å². The van der Waals surface area contributed by atoms with Crippen molar-refractivity contribution in [3.8, 4) is 0 Å². The SMILES string of the molecule is CC(CCCC(=O)N1CCC[C@H]1N(C=O)[C@@H](Cc1ccccn1)c1ccccc1)NN.Cl.Cl.Cl. The van der Waals surface area contributed by atoms with Crippen LogP contribution in [0, 0.1) is 0 Å². The van der Waals surface area contributed by atoms with Gasteiger partial charge in [-0.15, -0.1) is 37.2 Å². The fraction of sp³-hybridized carbons (Fsp3) is 0.458. The van der Waals surface area contributed by atoms with Gasteiger partial charge < -0.3 is 9.80 Å². The lowest BCUT2D eigenvalue weighted by atomic mass is 9.99. The first-order valence-electron chi connectivity index (χ1n) is 11.1. The molecule has 1 aromatic heterocycles. The number of nitrogens with zero attached hydrogens (tertiary/aromatic N) is 3. The summed E-state index contributed by atoms with van der Waals surface area (Å²) >= 11 is 0. The summed E-state index contributed by atoms with van der Waals surface area (Å²) in [6.07, 6.45) is 6.79. The van der Waals surface area contributed by atoms with Gasteiger partial charge in [-0.05, 0) is 50.3 Å². The molecular weight excluding hydrogens is 497 g/mol. The fourth-order valence-electron chi connectivity index (χ4n) is 4.28. The quantitative estimate of drug-likeness (QED) is 0.259. The van der Waals surface area contributed by atoms with Crippen LogP contribution in [-0.2, 0) is 16.0 Å². The molecule has 0 aliphatic carbocycles. The zero-order valence-electron chi connectivity index (χ0n) is 19.4. The minimum absolute atomic E-state index is 0. The van der Waals surface area contributed by atoms with Crippen molar-refractivity contribution < 1.29 is 9.59 Å².